The highest BCUT2D eigenvalue weighted by Gasteiger charge is 2.07. The molecule has 21 heavy (non-hydrogen) atoms. The number of hydrogen-bond acceptors (Lipinski definition) is 2. The van der Waals surface area contributed by atoms with E-state index in [1.165, 1.54) is 16.5 Å². The van der Waals surface area contributed by atoms with E-state index in [0.29, 0.717) is 6.54 Å². The van der Waals surface area contributed by atoms with Crippen molar-refractivity contribution in [3.05, 3.63) is 65.4 Å². The van der Waals surface area contributed by atoms with Crippen molar-refractivity contribution in [1.82, 2.24) is 4.57 Å². The van der Waals surface area contributed by atoms with E-state index in [1.54, 1.807) is 7.11 Å². The van der Waals surface area contributed by atoms with Crippen LogP contribution in [0.5, 0.6) is 5.75 Å². The molecule has 3 aromatic rings. The highest BCUT2D eigenvalue weighted by molar-refractivity contribution is 5.80. The summed E-state index contributed by atoms with van der Waals surface area (Å²) in [7, 11) is 1.71. The van der Waals surface area contributed by atoms with Gasteiger partial charge in [-0.3, -0.25) is 0 Å². The van der Waals surface area contributed by atoms with Gasteiger partial charge in [-0.2, -0.15) is 0 Å². The summed E-state index contributed by atoms with van der Waals surface area (Å²) in [5, 5.41) is 1.26. The lowest BCUT2D eigenvalue weighted by Crippen LogP contribution is -2.03. The van der Waals surface area contributed by atoms with Crippen molar-refractivity contribution < 1.29 is 4.74 Å². The first kappa shape index (κ1) is 13.7. The van der Waals surface area contributed by atoms with E-state index in [2.05, 4.69) is 48.0 Å². The van der Waals surface area contributed by atoms with Gasteiger partial charge in [-0.15, -0.1) is 0 Å². The van der Waals surface area contributed by atoms with E-state index >= 15 is 0 Å². The zero-order valence-corrected chi connectivity index (χ0v) is 12.5. The molecule has 108 valence electrons. The molecule has 1 heterocycles. The molecule has 3 heteroatoms. The SMILES string of the molecule is COc1ccc(CN)cc1Cn1ccc2ccc(C)cc21. The minimum atomic E-state index is 0.544. The topological polar surface area (TPSA) is 40.2 Å². The van der Waals surface area contributed by atoms with Gasteiger partial charge in [-0.1, -0.05) is 18.2 Å². The lowest BCUT2D eigenvalue weighted by atomic mass is 10.1. The number of benzene rings is 2. The molecule has 0 fully saturated rings. The Morgan fingerprint density at radius 3 is 2.71 bits per heavy atom. The molecular formula is C18H20N2O. The fourth-order valence-corrected chi connectivity index (χ4v) is 2.70. The van der Waals surface area contributed by atoms with Gasteiger partial charge in [0.1, 0.15) is 5.75 Å². The smallest absolute Gasteiger partial charge is 0.123 e. The zero-order chi connectivity index (χ0) is 14.8. The largest absolute Gasteiger partial charge is 0.496 e. The molecule has 2 aromatic carbocycles. The number of nitrogens with two attached hydrogens (primary N) is 1. The van der Waals surface area contributed by atoms with E-state index in [1.807, 2.05) is 12.1 Å². The highest BCUT2D eigenvalue weighted by Crippen LogP contribution is 2.24. The van der Waals surface area contributed by atoms with Gasteiger partial charge in [0.05, 0.1) is 13.7 Å². The second kappa shape index (κ2) is 5.62. The van der Waals surface area contributed by atoms with Crippen molar-refractivity contribution in [3.63, 3.8) is 0 Å². The molecular weight excluding hydrogens is 260 g/mol. The van der Waals surface area contributed by atoms with Gasteiger partial charge in [0.15, 0.2) is 0 Å². The summed E-state index contributed by atoms with van der Waals surface area (Å²) in [5.41, 5.74) is 10.5. The number of methoxy groups -OCH3 is 1. The van der Waals surface area contributed by atoms with Gasteiger partial charge in [0.25, 0.3) is 0 Å². The van der Waals surface area contributed by atoms with Crippen molar-refractivity contribution in [2.45, 2.75) is 20.0 Å². The van der Waals surface area contributed by atoms with Crippen LogP contribution in [0.2, 0.25) is 0 Å². The monoisotopic (exact) mass is 280 g/mol. The van der Waals surface area contributed by atoms with Gasteiger partial charge < -0.3 is 15.0 Å². The van der Waals surface area contributed by atoms with E-state index in [4.69, 9.17) is 10.5 Å². The van der Waals surface area contributed by atoms with E-state index in [-0.39, 0.29) is 0 Å². The number of aryl methyl sites for hydroxylation is 1. The summed E-state index contributed by atoms with van der Waals surface area (Å²) in [6.07, 6.45) is 2.12. The van der Waals surface area contributed by atoms with Crippen LogP contribution in [-0.2, 0) is 13.1 Å². The zero-order valence-electron chi connectivity index (χ0n) is 12.5. The van der Waals surface area contributed by atoms with Crippen LogP contribution in [0, 0.1) is 6.92 Å². The molecule has 0 atom stereocenters. The fourth-order valence-electron chi connectivity index (χ4n) is 2.70. The molecule has 0 saturated carbocycles. The van der Waals surface area contributed by atoms with Crippen LogP contribution in [-0.4, -0.2) is 11.7 Å². The normalized spacial score (nSPS) is 11.0. The quantitative estimate of drug-likeness (QED) is 0.795. The van der Waals surface area contributed by atoms with E-state index < -0.39 is 0 Å². The minimum Gasteiger partial charge on any atom is -0.496 e. The Bertz CT molecular complexity index is 774. The van der Waals surface area contributed by atoms with E-state index in [9.17, 15) is 0 Å². The van der Waals surface area contributed by atoms with Crippen molar-refractivity contribution >= 4 is 10.9 Å². The lowest BCUT2D eigenvalue weighted by molar-refractivity contribution is 0.408. The Balaban J connectivity index is 2.03. The fraction of sp³-hybridized carbons (Fsp3) is 0.222. The number of nitrogens with zero attached hydrogens (tertiary/aromatic N) is 1. The molecule has 0 bridgehead atoms. The van der Waals surface area contributed by atoms with Gasteiger partial charge in [0, 0.05) is 23.8 Å². The number of aromatic nitrogens is 1. The Morgan fingerprint density at radius 1 is 1.10 bits per heavy atom. The third-order valence-electron chi connectivity index (χ3n) is 3.85. The molecule has 3 rings (SSSR count). The lowest BCUT2D eigenvalue weighted by Gasteiger charge is -2.12. The Morgan fingerprint density at radius 2 is 1.95 bits per heavy atom. The maximum Gasteiger partial charge on any atom is 0.123 e. The molecule has 0 amide bonds. The summed E-state index contributed by atoms with van der Waals surface area (Å²) in [5.74, 6) is 0.904. The molecule has 3 nitrogen and oxygen atoms in total. The average molecular weight is 280 g/mol. The maximum absolute atomic E-state index is 5.75. The van der Waals surface area contributed by atoms with Crippen molar-refractivity contribution in [1.29, 1.82) is 0 Å². The molecule has 0 aliphatic heterocycles. The van der Waals surface area contributed by atoms with E-state index in [0.717, 1.165) is 23.4 Å². The van der Waals surface area contributed by atoms with Gasteiger partial charge >= 0.3 is 0 Å². The second-order valence-corrected chi connectivity index (χ2v) is 5.36. The third-order valence-corrected chi connectivity index (χ3v) is 3.85. The van der Waals surface area contributed by atoms with Gasteiger partial charge in [-0.05, 0) is 47.7 Å². The van der Waals surface area contributed by atoms with Gasteiger partial charge in [0.2, 0.25) is 0 Å². The van der Waals surface area contributed by atoms with Crippen LogP contribution in [0.1, 0.15) is 16.7 Å². The standard InChI is InChI=1S/C18H20N2O/c1-13-3-5-15-7-8-20(17(15)9-13)12-16-10-14(11-19)4-6-18(16)21-2/h3-10H,11-12,19H2,1-2H3. The minimum absolute atomic E-state index is 0.544. The first-order valence-corrected chi connectivity index (χ1v) is 7.12. The number of ether oxygens (including phenoxy) is 1. The first-order valence-electron chi connectivity index (χ1n) is 7.12. The highest BCUT2D eigenvalue weighted by atomic mass is 16.5. The summed E-state index contributed by atoms with van der Waals surface area (Å²) in [6.45, 7) is 3.44. The molecule has 2 N–H and O–H groups in total. The van der Waals surface area contributed by atoms with Crippen LogP contribution in [0.25, 0.3) is 10.9 Å². The Hall–Kier alpha value is -2.26. The Labute approximate surface area is 125 Å². The number of fused-ring (bicyclic) bond motifs is 1. The molecule has 0 aliphatic carbocycles. The van der Waals surface area contributed by atoms with Crippen LogP contribution < -0.4 is 10.5 Å². The summed E-state index contributed by atoms with van der Waals surface area (Å²) < 4.78 is 7.73. The van der Waals surface area contributed by atoms with Crippen LogP contribution in [0.15, 0.2) is 48.7 Å². The first-order chi connectivity index (χ1) is 10.2. The summed E-state index contributed by atoms with van der Waals surface area (Å²) in [6, 6.07) is 14.8. The molecule has 0 unspecified atom stereocenters. The third kappa shape index (κ3) is 2.65. The predicted molar refractivity (Wildman–Crippen MR) is 86.7 cm³/mol. The average Bonchev–Trinajstić information content (AvgIpc) is 2.89. The van der Waals surface area contributed by atoms with Crippen LogP contribution in [0.4, 0.5) is 0 Å². The summed E-state index contributed by atoms with van der Waals surface area (Å²) in [4.78, 5) is 0. The van der Waals surface area contributed by atoms with Crippen molar-refractivity contribution in [2.75, 3.05) is 7.11 Å². The van der Waals surface area contributed by atoms with Gasteiger partial charge in [-0.25, -0.2) is 0 Å². The molecule has 0 spiro atoms. The molecule has 0 radical (unpaired) electrons. The van der Waals surface area contributed by atoms with Crippen LogP contribution >= 0.6 is 0 Å². The van der Waals surface area contributed by atoms with Crippen molar-refractivity contribution in [3.8, 4) is 5.75 Å². The predicted octanol–water partition coefficient (Wildman–Crippen LogP) is 3.47. The maximum atomic E-state index is 5.75. The Kier molecular flexibility index (Phi) is 3.67. The molecule has 0 saturated heterocycles. The molecule has 0 aliphatic rings. The number of hydrogen-bond donors (Lipinski definition) is 1. The summed E-state index contributed by atoms with van der Waals surface area (Å²) >= 11 is 0. The second-order valence-electron chi connectivity index (χ2n) is 5.36. The molecule has 1 aromatic heterocycles. The van der Waals surface area contributed by atoms with Crippen molar-refractivity contribution in [2.24, 2.45) is 5.73 Å². The van der Waals surface area contributed by atoms with Crippen LogP contribution in [0.3, 0.4) is 0 Å². The number of rotatable bonds is 4.